The number of halogens is 2. The van der Waals surface area contributed by atoms with Gasteiger partial charge in [-0.1, -0.05) is 41.4 Å². The molecule has 1 atom stereocenters. The van der Waals surface area contributed by atoms with Crippen molar-refractivity contribution in [2.75, 3.05) is 13.2 Å². The summed E-state index contributed by atoms with van der Waals surface area (Å²) in [5.74, 6) is 0.0989. The highest BCUT2D eigenvalue weighted by Crippen LogP contribution is 2.24. The Labute approximate surface area is 181 Å². The van der Waals surface area contributed by atoms with Crippen molar-refractivity contribution in [3.63, 3.8) is 0 Å². The van der Waals surface area contributed by atoms with Crippen molar-refractivity contribution in [2.45, 2.75) is 40.3 Å². The number of nitrogens with one attached hydrogen (secondary N) is 1. The summed E-state index contributed by atoms with van der Waals surface area (Å²) in [6.45, 7) is 7.91. The van der Waals surface area contributed by atoms with Crippen LogP contribution in [0, 0.1) is 13.8 Å². The molecule has 2 amide bonds. The van der Waals surface area contributed by atoms with E-state index in [1.807, 2.05) is 39.0 Å². The van der Waals surface area contributed by atoms with E-state index in [-0.39, 0.29) is 25.0 Å². The van der Waals surface area contributed by atoms with Gasteiger partial charge in [0, 0.05) is 23.1 Å². The van der Waals surface area contributed by atoms with Crippen LogP contribution in [-0.4, -0.2) is 35.9 Å². The Morgan fingerprint density at radius 3 is 2.55 bits per heavy atom. The Bertz CT molecular complexity index is 886. The van der Waals surface area contributed by atoms with Crippen molar-refractivity contribution in [1.29, 1.82) is 0 Å². The second kappa shape index (κ2) is 10.5. The van der Waals surface area contributed by atoms with E-state index in [1.165, 1.54) is 4.90 Å². The van der Waals surface area contributed by atoms with Crippen molar-refractivity contribution in [3.8, 4) is 5.75 Å². The standard InChI is InChI=1S/C22H26Cl2N2O3/c1-5-25-22(28)16(4)26(12-17-9-10-18(23)11-19(17)24)21(27)13-29-20-8-6-7-14(2)15(20)3/h6-11,16H,5,12-13H2,1-4H3,(H,25,28)/t16-/m0/s1. The van der Waals surface area contributed by atoms with Crippen LogP contribution in [-0.2, 0) is 16.1 Å². The van der Waals surface area contributed by atoms with Crippen LogP contribution in [0.4, 0.5) is 0 Å². The lowest BCUT2D eigenvalue weighted by Gasteiger charge is -2.29. The van der Waals surface area contributed by atoms with Gasteiger partial charge in [-0.05, 0) is 62.6 Å². The number of carbonyl (C=O) groups excluding carboxylic acids is 2. The number of rotatable bonds is 8. The van der Waals surface area contributed by atoms with Gasteiger partial charge in [0.05, 0.1) is 0 Å². The Hall–Kier alpha value is -2.24. The predicted molar refractivity (Wildman–Crippen MR) is 117 cm³/mol. The van der Waals surface area contributed by atoms with E-state index < -0.39 is 6.04 Å². The molecule has 0 saturated carbocycles. The van der Waals surface area contributed by atoms with Crippen LogP contribution in [0.2, 0.25) is 10.0 Å². The first-order valence-corrected chi connectivity index (χ1v) is 10.2. The van der Waals surface area contributed by atoms with Gasteiger partial charge in [0.1, 0.15) is 11.8 Å². The van der Waals surface area contributed by atoms with E-state index in [1.54, 1.807) is 25.1 Å². The molecule has 2 aromatic carbocycles. The number of hydrogen-bond acceptors (Lipinski definition) is 3. The maximum absolute atomic E-state index is 13.0. The van der Waals surface area contributed by atoms with Crippen LogP contribution >= 0.6 is 23.2 Å². The molecule has 0 bridgehead atoms. The number of amides is 2. The fourth-order valence-corrected chi connectivity index (χ4v) is 3.31. The van der Waals surface area contributed by atoms with Crippen LogP contribution in [0.5, 0.6) is 5.75 Å². The van der Waals surface area contributed by atoms with Gasteiger partial charge < -0.3 is 15.0 Å². The highest BCUT2D eigenvalue weighted by atomic mass is 35.5. The minimum absolute atomic E-state index is 0.170. The monoisotopic (exact) mass is 436 g/mol. The topological polar surface area (TPSA) is 58.6 Å². The summed E-state index contributed by atoms with van der Waals surface area (Å²) < 4.78 is 5.76. The maximum Gasteiger partial charge on any atom is 0.261 e. The van der Waals surface area contributed by atoms with E-state index in [4.69, 9.17) is 27.9 Å². The van der Waals surface area contributed by atoms with Crippen molar-refractivity contribution in [2.24, 2.45) is 0 Å². The Morgan fingerprint density at radius 2 is 1.90 bits per heavy atom. The van der Waals surface area contributed by atoms with Gasteiger partial charge in [-0.15, -0.1) is 0 Å². The van der Waals surface area contributed by atoms with Gasteiger partial charge in [0.2, 0.25) is 5.91 Å². The van der Waals surface area contributed by atoms with Crippen LogP contribution in [0.3, 0.4) is 0 Å². The van der Waals surface area contributed by atoms with Gasteiger partial charge in [0.15, 0.2) is 6.61 Å². The lowest BCUT2D eigenvalue weighted by Crippen LogP contribution is -2.49. The molecule has 156 valence electrons. The Morgan fingerprint density at radius 1 is 1.17 bits per heavy atom. The van der Waals surface area contributed by atoms with Gasteiger partial charge >= 0.3 is 0 Å². The molecule has 0 unspecified atom stereocenters. The molecule has 0 heterocycles. The highest BCUT2D eigenvalue weighted by Gasteiger charge is 2.27. The first kappa shape index (κ1) is 23.0. The van der Waals surface area contributed by atoms with Gasteiger partial charge in [-0.25, -0.2) is 0 Å². The van der Waals surface area contributed by atoms with Crippen molar-refractivity contribution in [1.82, 2.24) is 10.2 Å². The van der Waals surface area contributed by atoms with Crippen molar-refractivity contribution < 1.29 is 14.3 Å². The molecule has 5 nitrogen and oxygen atoms in total. The fourth-order valence-electron chi connectivity index (χ4n) is 2.84. The smallest absolute Gasteiger partial charge is 0.261 e. The van der Waals surface area contributed by atoms with Crippen LogP contribution in [0.25, 0.3) is 0 Å². The lowest BCUT2D eigenvalue weighted by molar-refractivity contribution is -0.142. The second-order valence-corrected chi connectivity index (χ2v) is 7.66. The molecular weight excluding hydrogens is 411 g/mol. The first-order chi connectivity index (χ1) is 13.7. The van der Waals surface area contributed by atoms with Gasteiger partial charge in [-0.3, -0.25) is 9.59 Å². The predicted octanol–water partition coefficient (Wildman–Crippen LogP) is 4.54. The second-order valence-electron chi connectivity index (χ2n) is 6.81. The minimum atomic E-state index is -0.684. The van der Waals surface area contributed by atoms with Crippen LogP contribution in [0.1, 0.15) is 30.5 Å². The number of ether oxygens (including phenoxy) is 1. The van der Waals surface area contributed by atoms with E-state index >= 15 is 0 Å². The average Bonchev–Trinajstić information content (AvgIpc) is 2.68. The summed E-state index contributed by atoms with van der Waals surface area (Å²) in [5, 5.41) is 3.70. The third-order valence-corrected chi connectivity index (χ3v) is 5.37. The zero-order valence-electron chi connectivity index (χ0n) is 17.1. The summed E-state index contributed by atoms with van der Waals surface area (Å²) in [6.07, 6.45) is 0. The molecule has 7 heteroatoms. The Balaban J connectivity index is 2.22. The molecule has 1 N–H and O–H groups in total. The molecule has 0 aliphatic rings. The number of aryl methyl sites for hydroxylation is 1. The number of likely N-dealkylation sites (N-methyl/N-ethyl adjacent to an activating group) is 1. The molecule has 2 aromatic rings. The van der Waals surface area contributed by atoms with E-state index in [0.29, 0.717) is 27.9 Å². The van der Waals surface area contributed by atoms with Crippen LogP contribution in [0.15, 0.2) is 36.4 Å². The molecule has 0 aliphatic carbocycles. The summed E-state index contributed by atoms with van der Waals surface area (Å²) in [6, 6.07) is 10.1. The number of carbonyl (C=O) groups is 2. The molecule has 0 spiro atoms. The third kappa shape index (κ3) is 6.12. The maximum atomic E-state index is 13.0. The fraction of sp³-hybridized carbons (Fsp3) is 0.364. The average molecular weight is 437 g/mol. The summed E-state index contributed by atoms with van der Waals surface area (Å²) in [7, 11) is 0. The molecule has 29 heavy (non-hydrogen) atoms. The summed E-state index contributed by atoms with van der Waals surface area (Å²) >= 11 is 12.2. The summed E-state index contributed by atoms with van der Waals surface area (Å²) in [4.78, 5) is 26.9. The first-order valence-electron chi connectivity index (χ1n) is 9.44. The number of hydrogen-bond donors (Lipinski definition) is 1. The molecular formula is C22H26Cl2N2O3. The minimum Gasteiger partial charge on any atom is -0.483 e. The largest absolute Gasteiger partial charge is 0.483 e. The Kier molecular flexibility index (Phi) is 8.35. The SMILES string of the molecule is CCNC(=O)[C@H](C)N(Cc1ccc(Cl)cc1Cl)C(=O)COc1cccc(C)c1C. The molecule has 0 saturated heterocycles. The number of benzene rings is 2. The molecule has 0 fully saturated rings. The summed E-state index contributed by atoms with van der Waals surface area (Å²) in [5.41, 5.74) is 2.76. The molecule has 0 aromatic heterocycles. The zero-order chi connectivity index (χ0) is 21.6. The number of nitrogens with zero attached hydrogens (tertiary/aromatic N) is 1. The third-order valence-electron chi connectivity index (χ3n) is 4.78. The molecule has 2 rings (SSSR count). The van der Waals surface area contributed by atoms with Crippen molar-refractivity contribution in [3.05, 3.63) is 63.1 Å². The molecule has 0 radical (unpaired) electrons. The lowest BCUT2D eigenvalue weighted by atomic mass is 10.1. The highest BCUT2D eigenvalue weighted by molar-refractivity contribution is 6.35. The van der Waals surface area contributed by atoms with Gasteiger partial charge in [-0.2, -0.15) is 0 Å². The van der Waals surface area contributed by atoms with Crippen molar-refractivity contribution >= 4 is 35.0 Å². The van der Waals surface area contributed by atoms with Crippen LogP contribution < -0.4 is 10.1 Å². The van der Waals surface area contributed by atoms with E-state index in [2.05, 4.69) is 5.32 Å². The zero-order valence-corrected chi connectivity index (χ0v) is 18.6. The van der Waals surface area contributed by atoms with Gasteiger partial charge in [0.25, 0.3) is 5.91 Å². The normalized spacial score (nSPS) is 11.7. The quantitative estimate of drug-likeness (QED) is 0.660. The van der Waals surface area contributed by atoms with E-state index in [9.17, 15) is 9.59 Å². The van der Waals surface area contributed by atoms with E-state index in [0.717, 1.165) is 11.1 Å². The molecule has 0 aliphatic heterocycles.